The van der Waals surface area contributed by atoms with Gasteiger partial charge in [0.05, 0.1) is 13.0 Å². The first kappa shape index (κ1) is 14.7. The van der Waals surface area contributed by atoms with Crippen LogP contribution in [0.5, 0.6) is 0 Å². The van der Waals surface area contributed by atoms with Gasteiger partial charge in [-0.1, -0.05) is 56.5 Å². The van der Waals surface area contributed by atoms with Gasteiger partial charge in [-0.05, 0) is 12.0 Å². The number of unbranched alkanes of at least 4 members (excludes halogenated alkanes) is 3. The van der Waals surface area contributed by atoms with E-state index in [1.165, 1.54) is 12.8 Å². The molecule has 100 valence electrons. The van der Waals surface area contributed by atoms with Crippen molar-refractivity contribution in [1.29, 1.82) is 0 Å². The van der Waals surface area contributed by atoms with Crippen LogP contribution in [-0.4, -0.2) is 12.6 Å². The van der Waals surface area contributed by atoms with Gasteiger partial charge in [-0.3, -0.25) is 4.79 Å². The number of hydrogen-bond donors (Lipinski definition) is 1. The maximum absolute atomic E-state index is 11.6. The number of carbonyl (C=O) groups excluding carboxylic acids is 1. The SMILES string of the molecule is CCCCCCOC(=O)CC(N)c1ccccc1. The monoisotopic (exact) mass is 249 g/mol. The molecule has 1 atom stereocenters. The second-order valence-electron chi connectivity index (χ2n) is 4.50. The summed E-state index contributed by atoms with van der Waals surface area (Å²) in [5, 5.41) is 0. The molecule has 0 aliphatic rings. The van der Waals surface area contributed by atoms with Gasteiger partial charge in [0.15, 0.2) is 0 Å². The fourth-order valence-electron chi connectivity index (χ4n) is 1.77. The number of esters is 1. The van der Waals surface area contributed by atoms with Gasteiger partial charge in [0.25, 0.3) is 0 Å². The first-order valence-corrected chi connectivity index (χ1v) is 6.70. The number of carbonyl (C=O) groups is 1. The molecule has 2 N–H and O–H groups in total. The molecule has 0 fully saturated rings. The lowest BCUT2D eigenvalue weighted by atomic mass is 10.1. The van der Waals surface area contributed by atoms with Crippen LogP contribution in [0.2, 0.25) is 0 Å². The third kappa shape index (κ3) is 5.82. The Labute approximate surface area is 109 Å². The molecule has 1 aromatic carbocycles. The Balaban J connectivity index is 2.20. The lowest BCUT2D eigenvalue weighted by Crippen LogP contribution is -2.17. The average molecular weight is 249 g/mol. The predicted molar refractivity (Wildman–Crippen MR) is 73.1 cm³/mol. The Morgan fingerprint density at radius 1 is 1.22 bits per heavy atom. The van der Waals surface area contributed by atoms with Crippen molar-refractivity contribution in [3.8, 4) is 0 Å². The van der Waals surface area contributed by atoms with Crippen molar-refractivity contribution in [2.75, 3.05) is 6.61 Å². The summed E-state index contributed by atoms with van der Waals surface area (Å²) < 4.78 is 5.16. The highest BCUT2D eigenvalue weighted by molar-refractivity contribution is 5.70. The van der Waals surface area contributed by atoms with E-state index in [0.29, 0.717) is 6.61 Å². The van der Waals surface area contributed by atoms with E-state index < -0.39 is 0 Å². The van der Waals surface area contributed by atoms with Crippen LogP contribution in [0.25, 0.3) is 0 Å². The average Bonchev–Trinajstić information content (AvgIpc) is 2.39. The molecular formula is C15H23NO2. The van der Waals surface area contributed by atoms with Crippen LogP contribution in [0.4, 0.5) is 0 Å². The minimum absolute atomic E-state index is 0.206. The molecule has 18 heavy (non-hydrogen) atoms. The molecule has 0 bridgehead atoms. The molecule has 1 unspecified atom stereocenters. The number of rotatable bonds is 8. The van der Waals surface area contributed by atoms with E-state index in [4.69, 9.17) is 10.5 Å². The van der Waals surface area contributed by atoms with Crippen LogP contribution >= 0.6 is 0 Å². The van der Waals surface area contributed by atoms with Gasteiger partial charge in [-0.25, -0.2) is 0 Å². The minimum atomic E-state index is -0.269. The maximum atomic E-state index is 11.6. The first-order valence-electron chi connectivity index (χ1n) is 6.70. The number of benzene rings is 1. The van der Waals surface area contributed by atoms with E-state index in [9.17, 15) is 4.79 Å². The highest BCUT2D eigenvalue weighted by Crippen LogP contribution is 2.13. The third-order valence-corrected chi connectivity index (χ3v) is 2.88. The van der Waals surface area contributed by atoms with E-state index in [2.05, 4.69) is 6.92 Å². The molecule has 0 aliphatic heterocycles. The maximum Gasteiger partial charge on any atom is 0.307 e. The van der Waals surface area contributed by atoms with Crippen LogP contribution in [0.15, 0.2) is 30.3 Å². The van der Waals surface area contributed by atoms with Crippen LogP contribution in [0.1, 0.15) is 50.6 Å². The molecule has 3 heteroatoms. The largest absolute Gasteiger partial charge is 0.466 e. The molecular weight excluding hydrogens is 226 g/mol. The minimum Gasteiger partial charge on any atom is -0.466 e. The Hall–Kier alpha value is -1.35. The topological polar surface area (TPSA) is 52.3 Å². The molecule has 0 aliphatic carbocycles. The highest BCUT2D eigenvalue weighted by atomic mass is 16.5. The summed E-state index contributed by atoms with van der Waals surface area (Å²) in [7, 11) is 0. The van der Waals surface area contributed by atoms with E-state index >= 15 is 0 Å². The standard InChI is InChI=1S/C15H23NO2/c1-2-3-4-8-11-18-15(17)12-14(16)13-9-6-5-7-10-13/h5-7,9-10,14H,2-4,8,11-12,16H2,1H3. The zero-order valence-electron chi connectivity index (χ0n) is 11.1. The molecule has 0 heterocycles. The summed E-state index contributed by atoms with van der Waals surface area (Å²) in [5.41, 5.74) is 6.92. The van der Waals surface area contributed by atoms with E-state index in [0.717, 1.165) is 18.4 Å². The quantitative estimate of drug-likeness (QED) is 0.568. The Morgan fingerprint density at radius 2 is 1.94 bits per heavy atom. The zero-order chi connectivity index (χ0) is 13.2. The van der Waals surface area contributed by atoms with Crippen molar-refractivity contribution < 1.29 is 9.53 Å². The molecule has 0 aromatic heterocycles. The Morgan fingerprint density at radius 3 is 2.61 bits per heavy atom. The van der Waals surface area contributed by atoms with Gasteiger partial charge in [-0.2, -0.15) is 0 Å². The lowest BCUT2D eigenvalue weighted by Gasteiger charge is -2.11. The molecule has 0 amide bonds. The van der Waals surface area contributed by atoms with Crippen LogP contribution in [0.3, 0.4) is 0 Å². The first-order chi connectivity index (χ1) is 8.74. The Kier molecular flexibility index (Phi) is 7.11. The van der Waals surface area contributed by atoms with Crippen molar-refractivity contribution in [3.05, 3.63) is 35.9 Å². The smallest absolute Gasteiger partial charge is 0.307 e. The van der Waals surface area contributed by atoms with Gasteiger partial charge >= 0.3 is 5.97 Å². The van der Waals surface area contributed by atoms with Gasteiger partial charge in [0, 0.05) is 6.04 Å². The summed E-state index contributed by atoms with van der Waals surface area (Å²) in [6.45, 7) is 2.67. The predicted octanol–water partition coefficient (Wildman–Crippen LogP) is 3.20. The van der Waals surface area contributed by atoms with Crippen molar-refractivity contribution in [3.63, 3.8) is 0 Å². The van der Waals surface area contributed by atoms with Crippen molar-refractivity contribution in [1.82, 2.24) is 0 Å². The van der Waals surface area contributed by atoms with Crippen molar-refractivity contribution in [2.45, 2.75) is 45.1 Å². The summed E-state index contributed by atoms with van der Waals surface area (Å²) in [5.74, 6) is -0.206. The van der Waals surface area contributed by atoms with Crippen molar-refractivity contribution in [2.24, 2.45) is 5.73 Å². The van der Waals surface area contributed by atoms with E-state index in [-0.39, 0.29) is 18.4 Å². The molecule has 0 saturated heterocycles. The Bertz CT molecular complexity index is 338. The fourth-order valence-corrected chi connectivity index (χ4v) is 1.77. The van der Waals surface area contributed by atoms with E-state index in [1.54, 1.807) is 0 Å². The molecule has 0 radical (unpaired) electrons. The van der Waals surface area contributed by atoms with Gasteiger partial charge in [0.1, 0.15) is 0 Å². The van der Waals surface area contributed by atoms with Crippen molar-refractivity contribution >= 4 is 5.97 Å². The molecule has 1 rings (SSSR count). The molecule has 0 spiro atoms. The molecule has 3 nitrogen and oxygen atoms in total. The summed E-state index contributed by atoms with van der Waals surface area (Å²) in [4.78, 5) is 11.6. The summed E-state index contributed by atoms with van der Waals surface area (Å²) in [6.07, 6.45) is 4.69. The third-order valence-electron chi connectivity index (χ3n) is 2.88. The van der Waals surface area contributed by atoms with Gasteiger partial charge in [-0.15, -0.1) is 0 Å². The van der Waals surface area contributed by atoms with Crippen LogP contribution < -0.4 is 5.73 Å². The number of nitrogens with two attached hydrogens (primary N) is 1. The van der Waals surface area contributed by atoms with Gasteiger partial charge in [0.2, 0.25) is 0 Å². The second-order valence-corrected chi connectivity index (χ2v) is 4.50. The normalized spacial score (nSPS) is 12.1. The summed E-state index contributed by atoms with van der Waals surface area (Å²) in [6, 6.07) is 9.37. The second kappa shape index (κ2) is 8.70. The fraction of sp³-hybridized carbons (Fsp3) is 0.533. The highest BCUT2D eigenvalue weighted by Gasteiger charge is 2.12. The molecule has 1 aromatic rings. The van der Waals surface area contributed by atoms with Crippen LogP contribution in [0, 0.1) is 0 Å². The van der Waals surface area contributed by atoms with Crippen LogP contribution in [-0.2, 0) is 9.53 Å². The van der Waals surface area contributed by atoms with E-state index in [1.807, 2.05) is 30.3 Å². The number of hydrogen-bond acceptors (Lipinski definition) is 3. The molecule has 0 saturated carbocycles. The number of ether oxygens (including phenoxy) is 1. The summed E-state index contributed by atoms with van der Waals surface area (Å²) >= 11 is 0. The lowest BCUT2D eigenvalue weighted by molar-refractivity contribution is -0.144. The zero-order valence-corrected chi connectivity index (χ0v) is 11.1. The van der Waals surface area contributed by atoms with Gasteiger partial charge < -0.3 is 10.5 Å².